The third-order valence-corrected chi connectivity index (χ3v) is 8.82. The quantitative estimate of drug-likeness (QED) is 0.543. The molecule has 2 aliphatic heterocycles. The minimum Gasteiger partial charge on any atom is -0.356 e. The van der Waals surface area contributed by atoms with Gasteiger partial charge in [0.05, 0.1) is 16.3 Å². The van der Waals surface area contributed by atoms with Gasteiger partial charge in [-0.15, -0.1) is 5.10 Å². The molecule has 4 rings (SSSR count). The number of fused-ring (bicyclic) bond motifs is 1. The van der Waals surface area contributed by atoms with Crippen molar-refractivity contribution in [2.75, 3.05) is 39.3 Å². The summed E-state index contributed by atoms with van der Waals surface area (Å²) in [7, 11) is -3.70. The highest BCUT2D eigenvalue weighted by atomic mass is 32.2. The van der Waals surface area contributed by atoms with E-state index in [0.29, 0.717) is 31.4 Å². The van der Waals surface area contributed by atoms with Gasteiger partial charge in [-0.25, -0.2) is 13.1 Å². The van der Waals surface area contributed by atoms with Crippen LogP contribution in [-0.4, -0.2) is 77.8 Å². The molecule has 1 aromatic carbocycles. The fraction of sp³-hybridized carbons (Fsp3) is 0.708. The zero-order valence-electron chi connectivity index (χ0n) is 20.3. The van der Waals surface area contributed by atoms with Gasteiger partial charge in [0.25, 0.3) is 0 Å². The Morgan fingerprint density at radius 1 is 1.09 bits per heavy atom. The molecule has 1 aromatic heterocycles. The van der Waals surface area contributed by atoms with E-state index in [9.17, 15) is 13.2 Å². The number of hydrogen-bond donors (Lipinski definition) is 1. The first kappa shape index (κ1) is 25.1. The third-order valence-electron chi connectivity index (χ3n) is 6.96. The first-order valence-corrected chi connectivity index (χ1v) is 14.3. The number of nitrogens with zero attached hydrogens (tertiary/aromatic N) is 5. The van der Waals surface area contributed by atoms with Crippen molar-refractivity contribution in [2.24, 2.45) is 5.92 Å². The van der Waals surface area contributed by atoms with Crippen LogP contribution in [0.25, 0.3) is 11.0 Å². The molecule has 1 N–H and O–H groups in total. The van der Waals surface area contributed by atoms with E-state index in [4.69, 9.17) is 0 Å². The van der Waals surface area contributed by atoms with Gasteiger partial charge in [-0.3, -0.25) is 4.79 Å². The highest BCUT2D eigenvalue weighted by Gasteiger charge is 2.33. The summed E-state index contributed by atoms with van der Waals surface area (Å²) in [6.07, 6.45) is 8.43. The van der Waals surface area contributed by atoms with Crippen molar-refractivity contribution >= 4 is 27.0 Å². The molecule has 0 aliphatic carbocycles. The van der Waals surface area contributed by atoms with Crippen molar-refractivity contribution in [3.05, 3.63) is 18.2 Å². The second-order valence-corrected chi connectivity index (χ2v) is 11.5. The van der Waals surface area contributed by atoms with Crippen LogP contribution in [-0.2, 0) is 21.4 Å². The second-order valence-electron chi connectivity index (χ2n) is 9.57. The zero-order valence-corrected chi connectivity index (χ0v) is 21.1. The van der Waals surface area contributed by atoms with E-state index in [2.05, 4.69) is 27.5 Å². The van der Waals surface area contributed by atoms with E-state index in [1.807, 2.05) is 0 Å². The number of benzene rings is 1. The molecule has 0 unspecified atom stereocenters. The zero-order chi connectivity index (χ0) is 24.0. The van der Waals surface area contributed by atoms with Crippen molar-refractivity contribution in [1.29, 1.82) is 0 Å². The summed E-state index contributed by atoms with van der Waals surface area (Å²) in [6, 6.07) is 4.99. The monoisotopic (exact) mass is 490 g/mol. The SMILES string of the molecule is CCCn1nnc2cc(S(=O)(=O)N3CCC[C@H](C(=O)NCCCN4CCCCCC4)C3)ccc21. The molecule has 188 valence electrons. The minimum atomic E-state index is -3.70. The summed E-state index contributed by atoms with van der Waals surface area (Å²) in [6.45, 7) is 7.42. The van der Waals surface area contributed by atoms with Crippen LogP contribution in [0, 0.1) is 5.92 Å². The number of aryl methyl sites for hydroxylation is 1. The lowest BCUT2D eigenvalue weighted by Crippen LogP contribution is -2.45. The number of piperidine rings is 1. The van der Waals surface area contributed by atoms with Crippen molar-refractivity contribution in [3.63, 3.8) is 0 Å². The number of hydrogen-bond acceptors (Lipinski definition) is 6. The number of aromatic nitrogens is 3. The lowest BCUT2D eigenvalue weighted by molar-refractivity contribution is -0.126. The molecule has 9 nitrogen and oxygen atoms in total. The van der Waals surface area contributed by atoms with E-state index in [1.54, 1.807) is 22.9 Å². The summed E-state index contributed by atoms with van der Waals surface area (Å²) in [5.41, 5.74) is 1.40. The van der Waals surface area contributed by atoms with Gasteiger partial charge in [-0.1, -0.05) is 25.0 Å². The Hall–Kier alpha value is -2.04. The Morgan fingerprint density at radius 3 is 2.65 bits per heavy atom. The molecule has 2 fully saturated rings. The van der Waals surface area contributed by atoms with Crippen LogP contribution in [0.4, 0.5) is 0 Å². The van der Waals surface area contributed by atoms with Crippen LogP contribution in [0.1, 0.15) is 58.3 Å². The molecule has 0 radical (unpaired) electrons. The Labute approximate surface area is 202 Å². The molecule has 1 amide bonds. The molecule has 2 saturated heterocycles. The van der Waals surface area contributed by atoms with Crippen LogP contribution in [0.15, 0.2) is 23.1 Å². The lowest BCUT2D eigenvalue weighted by atomic mass is 9.99. The molecule has 2 aliphatic rings. The summed E-state index contributed by atoms with van der Waals surface area (Å²) in [5.74, 6) is -0.343. The van der Waals surface area contributed by atoms with Crippen LogP contribution >= 0.6 is 0 Å². The first-order chi connectivity index (χ1) is 16.5. The fourth-order valence-electron chi connectivity index (χ4n) is 5.03. The number of carbonyl (C=O) groups excluding carboxylic acids is 1. The van der Waals surface area contributed by atoms with E-state index in [-0.39, 0.29) is 23.3 Å². The summed E-state index contributed by atoms with van der Waals surface area (Å²) in [5, 5.41) is 11.3. The Morgan fingerprint density at radius 2 is 1.88 bits per heavy atom. The van der Waals surface area contributed by atoms with Crippen molar-refractivity contribution < 1.29 is 13.2 Å². The van der Waals surface area contributed by atoms with E-state index in [0.717, 1.165) is 44.5 Å². The van der Waals surface area contributed by atoms with Gasteiger partial charge >= 0.3 is 0 Å². The fourth-order valence-corrected chi connectivity index (χ4v) is 6.58. The normalized spacial score (nSPS) is 20.9. The maximum Gasteiger partial charge on any atom is 0.243 e. The van der Waals surface area contributed by atoms with Crippen LogP contribution < -0.4 is 5.32 Å². The van der Waals surface area contributed by atoms with Crippen LogP contribution in [0.3, 0.4) is 0 Å². The Kier molecular flexibility index (Phi) is 8.55. The van der Waals surface area contributed by atoms with Crippen molar-refractivity contribution in [1.82, 2.24) is 29.5 Å². The maximum absolute atomic E-state index is 13.3. The van der Waals surface area contributed by atoms with Gasteiger partial charge in [0.2, 0.25) is 15.9 Å². The second kappa shape index (κ2) is 11.6. The molecule has 1 atom stereocenters. The van der Waals surface area contributed by atoms with Gasteiger partial charge in [0.15, 0.2) is 0 Å². The molecule has 2 aromatic rings. The highest BCUT2D eigenvalue weighted by Crippen LogP contribution is 2.26. The Bertz CT molecular complexity index is 1060. The number of rotatable bonds is 9. The maximum atomic E-state index is 13.3. The summed E-state index contributed by atoms with van der Waals surface area (Å²) in [4.78, 5) is 15.5. The average molecular weight is 491 g/mol. The number of likely N-dealkylation sites (tertiary alicyclic amines) is 1. The van der Waals surface area contributed by atoms with E-state index in [1.165, 1.54) is 30.0 Å². The van der Waals surface area contributed by atoms with Gasteiger partial charge in [0, 0.05) is 26.2 Å². The van der Waals surface area contributed by atoms with E-state index < -0.39 is 10.0 Å². The smallest absolute Gasteiger partial charge is 0.243 e. The Balaban J connectivity index is 1.32. The molecule has 10 heteroatoms. The molecule has 34 heavy (non-hydrogen) atoms. The standard InChI is InChI=1S/C24H38N6O3S/c1-2-13-30-23-11-10-21(18-22(23)26-27-30)34(32,33)29-17-7-9-20(19-29)24(31)25-12-8-16-28-14-5-3-4-6-15-28/h10-11,18,20H,2-9,12-17,19H2,1H3,(H,25,31)/t20-/m0/s1. The predicted octanol–water partition coefficient (Wildman–Crippen LogP) is 2.62. The number of nitrogens with one attached hydrogen (secondary N) is 1. The van der Waals surface area contributed by atoms with E-state index >= 15 is 0 Å². The van der Waals surface area contributed by atoms with Crippen molar-refractivity contribution in [2.45, 2.75) is 69.7 Å². The van der Waals surface area contributed by atoms with Crippen LogP contribution in [0.2, 0.25) is 0 Å². The third kappa shape index (κ3) is 5.95. The van der Waals surface area contributed by atoms with Crippen molar-refractivity contribution in [3.8, 4) is 0 Å². The first-order valence-electron chi connectivity index (χ1n) is 12.8. The van der Waals surface area contributed by atoms with Crippen LogP contribution in [0.5, 0.6) is 0 Å². The largest absolute Gasteiger partial charge is 0.356 e. The minimum absolute atomic E-state index is 0.0336. The molecular weight excluding hydrogens is 452 g/mol. The molecule has 0 saturated carbocycles. The number of carbonyl (C=O) groups is 1. The van der Waals surface area contributed by atoms with Gasteiger partial charge < -0.3 is 10.2 Å². The molecule has 3 heterocycles. The average Bonchev–Trinajstić information content (AvgIpc) is 3.06. The highest BCUT2D eigenvalue weighted by molar-refractivity contribution is 7.89. The van der Waals surface area contributed by atoms with Gasteiger partial charge in [0.1, 0.15) is 5.52 Å². The number of sulfonamides is 1. The molecular formula is C24H38N6O3S. The molecule has 0 spiro atoms. The number of amides is 1. The lowest BCUT2D eigenvalue weighted by Gasteiger charge is -2.31. The topological polar surface area (TPSA) is 100 Å². The summed E-state index contributed by atoms with van der Waals surface area (Å²) < 4.78 is 29.9. The summed E-state index contributed by atoms with van der Waals surface area (Å²) >= 11 is 0. The molecule has 0 bridgehead atoms. The van der Waals surface area contributed by atoms with Gasteiger partial charge in [-0.05, 0) is 76.4 Å². The predicted molar refractivity (Wildman–Crippen MR) is 132 cm³/mol. The van der Waals surface area contributed by atoms with Gasteiger partial charge in [-0.2, -0.15) is 4.31 Å².